The van der Waals surface area contributed by atoms with Gasteiger partial charge in [0.15, 0.2) is 0 Å². The summed E-state index contributed by atoms with van der Waals surface area (Å²) in [4.78, 5) is 17.9. The highest BCUT2D eigenvalue weighted by Crippen LogP contribution is 2.27. The van der Waals surface area contributed by atoms with Gasteiger partial charge in [0, 0.05) is 67.4 Å². The first-order valence-corrected chi connectivity index (χ1v) is 13.2. The van der Waals surface area contributed by atoms with E-state index in [0.717, 1.165) is 70.1 Å². The molecule has 3 aliphatic heterocycles. The van der Waals surface area contributed by atoms with Crippen LogP contribution in [-0.2, 0) is 14.2 Å². The highest BCUT2D eigenvalue weighted by molar-refractivity contribution is 6.15. The molecule has 1 unspecified atom stereocenters. The van der Waals surface area contributed by atoms with Gasteiger partial charge in [-0.05, 0) is 43.2 Å². The highest BCUT2D eigenvalue weighted by Gasteiger charge is 2.39. The van der Waals surface area contributed by atoms with Crippen molar-refractivity contribution in [1.82, 2.24) is 10.2 Å². The summed E-state index contributed by atoms with van der Waals surface area (Å²) >= 11 is 0. The molecular weight excluding hydrogens is 470 g/mol. The van der Waals surface area contributed by atoms with Gasteiger partial charge in [-0.3, -0.25) is 15.1 Å². The van der Waals surface area contributed by atoms with E-state index in [1.807, 2.05) is 24.3 Å². The number of nitrogens with two attached hydrogens (primary N) is 1. The quantitative estimate of drug-likeness (QED) is 0.389. The number of morpholine rings is 2. The van der Waals surface area contributed by atoms with Crippen LogP contribution in [-0.4, -0.2) is 94.4 Å². The fourth-order valence-electron chi connectivity index (χ4n) is 5.45. The minimum Gasteiger partial charge on any atom is -0.398 e. The molecule has 0 saturated carbocycles. The number of carbonyl (C=O) groups is 1. The summed E-state index contributed by atoms with van der Waals surface area (Å²) in [5.41, 5.74) is 9.72. The molecule has 9 nitrogen and oxygen atoms in total. The molecule has 198 valence electrons. The highest BCUT2D eigenvalue weighted by atomic mass is 16.5. The molecule has 2 aromatic carbocycles. The second-order valence-corrected chi connectivity index (χ2v) is 9.99. The van der Waals surface area contributed by atoms with Crippen molar-refractivity contribution >= 4 is 23.0 Å². The minimum atomic E-state index is -0.219. The van der Waals surface area contributed by atoms with Crippen LogP contribution in [0.25, 0.3) is 0 Å². The van der Waals surface area contributed by atoms with Crippen molar-refractivity contribution in [1.29, 1.82) is 5.41 Å². The Kier molecular flexibility index (Phi) is 8.05. The molecule has 3 aliphatic rings. The predicted octanol–water partition coefficient (Wildman–Crippen LogP) is 2.13. The van der Waals surface area contributed by atoms with E-state index in [1.165, 1.54) is 0 Å². The average Bonchev–Trinajstić information content (AvgIpc) is 2.97. The Morgan fingerprint density at radius 1 is 0.919 bits per heavy atom. The third kappa shape index (κ3) is 5.80. The number of nitrogen functional groups attached to an aromatic ring is 1. The van der Waals surface area contributed by atoms with Crippen LogP contribution in [0.1, 0.15) is 34.3 Å². The molecule has 37 heavy (non-hydrogen) atoms. The second-order valence-electron chi connectivity index (χ2n) is 9.99. The first kappa shape index (κ1) is 25.7. The van der Waals surface area contributed by atoms with E-state index in [9.17, 15) is 4.79 Å². The van der Waals surface area contributed by atoms with Gasteiger partial charge in [-0.2, -0.15) is 0 Å². The number of hydrogen-bond donors (Lipinski definition) is 3. The zero-order valence-corrected chi connectivity index (χ0v) is 21.3. The van der Waals surface area contributed by atoms with Crippen molar-refractivity contribution in [3.63, 3.8) is 0 Å². The van der Waals surface area contributed by atoms with Gasteiger partial charge in [0.2, 0.25) is 0 Å². The lowest BCUT2D eigenvalue weighted by Gasteiger charge is -2.47. The van der Waals surface area contributed by atoms with Gasteiger partial charge in [-0.1, -0.05) is 12.1 Å². The van der Waals surface area contributed by atoms with Gasteiger partial charge in [-0.15, -0.1) is 0 Å². The van der Waals surface area contributed by atoms with Crippen LogP contribution in [0.3, 0.4) is 0 Å². The predicted molar refractivity (Wildman–Crippen MR) is 144 cm³/mol. The summed E-state index contributed by atoms with van der Waals surface area (Å²) in [5, 5.41) is 12.0. The Hall–Kier alpha value is -2.98. The van der Waals surface area contributed by atoms with Crippen LogP contribution in [0, 0.1) is 5.41 Å². The molecule has 1 atom stereocenters. The van der Waals surface area contributed by atoms with E-state index < -0.39 is 0 Å². The molecule has 3 fully saturated rings. The van der Waals surface area contributed by atoms with E-state index in [0.29, 0.717) is 48.9 Å². The largest absolute Gasteiger partial charge is 0.398 e. The SMILES string of the molecule is N=C(c1ccc(N2CCOCC2)cc1)c1cc(C(=O)NCC2(N3CCOCC3)CCCOC2)ccc1N. The number of anilines is 2. The van der Waals surface area contributed by atoms with Crippen molar-refractivity contribution in [3.05, 3.63) is 59.2 Å². The summed E-state index contributed by atoms with van der Waals surface area (Å²) in [7, 11) is 0. The van der Waals surface area contributed by atoms with Gasteiger partial charge >= 0.3 is 0 Å². The summed E-state index contributed by atoms with van der Waals surface area (Å²) in [5.74, 6) is -0.171. The fraction of sp³-hybridized carbons (Fsp3) is 0.500. The summed E-state index contributed by atoms with van der Waals surface area (Å²) < 4.78 is 16.8. The van der Waals surface area contributed by atoms with Crippen LogP contribution < -0.4 is 16.0 Å². The van der Waals surface area contributed by atoms with Gasteiger partial charge in [0.05, 0.1) is 44.3 Å². The van der Waals surface area contributed by atoms with Crippen LogP contribution in [0.5, 0.6) is 0 Å². The summed E-state index contributed by atoms with van der Waals surface area (Å²) in [6.07, 6.45) is 1.95. The smallest absolute Gasteiger partial charge is 0.251 e. The second kappa shape index (κ2) is 11.6. The summed E-state index contributed by atoms with van der Waals surface area (Å²) in [6, 6.07) is 13.1. The van der Waals surface area contributed by atoms with Crippen molar-refractivity contribution < 1.29 is 19.0 Å². The van der Waals surface area contributed by atoms with E-state index in [1.54, 1.807) is 18.2 Å². The number of nitrogens with one attached hydrogen (secondary N) is 2. The molecule has 3 heterocycles. The minimum absolute atomic E-state index is 0.171. The number of benzene rings is 2. The average molecular weight is 508 g/mol. The number of ether oxygens (including phenoxy) is 3. The molecule has 2 aromatic rings. The molecule has 1 amide bonds. The molecule has 0 radical (unpaired) electrons. The van der Waals surface area contributed by atoms with Crippen LogP contribution in [0.4, 0.5) is 11.4 Å². The molecular formula is C28H37N5O4. The van der Waals surface area contributed by atoms with E-state index >= 15 is 0 Å². The number of amides is 1. The lowest BCUT2D eigenvalue weighted by atomic mass is 9.89. The van der Waals surface area contributed by atoms with Crippen molar-refractivity contribution in [3.8, 4) is 0 Å². The zero-order chi connectivity index (χ0) is 25.7. The standard InChI is InChI=1S/C28H37N5O4/c29-25-7-4-22(27(34)31-19-28(8-1-13-37-20-28)33-11-16-36-17-12-33)18-24(25)26(30)21-2-5-23(6-3-21)32-9-14-35-15-10-32/h2-7,18,30H,1,8-17,19-20,29H2,(H,31,34). The maximum atomic E-state index is 13.2. The monoisotopic (exact) mass is 507 g/mol. The molecule has 5 rings (SSSR count). The van der Waals surface area contributed by atoms with Crippen molar-refractivity contribution in [2.75, 3.05) is 83.0 Å². The van der Waals surface area contributed by atoms with Gasteiger partial charge in [0.1, 0.15) is 0 Å². The molecule has 0 spiro atoms. The van der Waals surface area contributed by atoms with Crippen LogP contribution in [0.2, 0.25) is 0 Å². The third-order valence-electron chi connectivity index (χ3n) is 7.68. The molecule has 9 heteroatoms. The van der Waals surface area contributed by atoms with E-state index in [2.05, 4.69) is 15.1 Å². The third-order valence-corrected chi connectivity index (χ3v) is 7.68. The first-order chi connectivity index (χ1) is 18.1. The Morgan fingerprint density at radius 3 is 2.27 bits per heavy atom. The van der Waals surface area contributed by atoms with Crippen molar-refractivity contribution in [2.24, 2.45) is 0 Å². The number of rotatable bonds is 7. The molecule has 4 N–H and O–H groups in total. The Morgan fingerprint density at radius 2 is 1.59 bits per heavy atom. The zero-order valence-electron chi connectivity index (χ0n) is 21.3. The Labute approximate surface area is 218 Å². The Balaban J connectivity index is 1.28. The Bertz CT molecular complexity index is 1090. The molecule has 0 aliphatic carbocycles. The van der Waals surface area contributed by atoms with Crippen LogP contribution >= 0.6 is 0 Å². The normalized spacial score (nSPS) is 23.0. The number of hydrogen-bond acceptors (Lipinski definition) is 8. The maximum absolute atomic E-state index is 13.2. The van der Waals surface area contributed by atoms with E-state index in [-0.39, 0.29) is 11.4 Å². The van der Waals surface area contributed by atoms with Gasteiger partial charge in [-0.25, -0.2) is 0 Å². The van der Waals surface area contributed by atoms with Crippen LogP contribution in [0.15, 0.2) is 42.5 Å². The first-order valence-electron chi connectivity index (χ1n) is 13.2. The number of carbonyl (C=O) groups excluding carboxylic acids is 1. The number of nitrogens with zero attached hydrogens (tertiary/aromatic N) is 2. The van der Waals surface area contributed by atoms with E-state index in [4.69, 9.17) is 25.4 Å². The van der Waals surface area contributed by atoms with Gasteiger partial charge < -0.3 is 30.2 Å². The van der Waals surface area contributed by atoms with Gasteiger partial charge in [0.25, 0.3) is 5.91 Å². The molecule has 0 aromatic heterocycles. The topological polar surface area (TPSA) is 113 Å². The molecule has 3 saturated heterocycles. The lowest BCUT2D eigenvalue weighted by Crippen LogP contribution is -2.62. The molecule has 0 bridgehead atoms. The fourth-order valence-corrected chi connectivity index (χ4v) is 5.45. The summed E-state index contributed by atoms with van der Waals surface area (Å²) in [6.45, 7) is 8.12. The van der Waals surface area contributed by atoms with Crippen molar-refractivity contribution in [2.45, 2.75) is 18.4 Å². The maximum Gasteiger partial charge on any atom is 0.251 e. The lowest BCUT2D eigenvalue weighted by molar-refractivity contribution is -0.0840.